The summed E-state index contributed by atoms with van der Waals surface area (Å²) in [4.78, 5) is 0. The van der Waals surface area contributed by atoms with Crippen LogP contribution in [0.1, 0.15) is 19.8 Å². The number of unbranched alkanes of at least 4 members (excludes halogenated alkanes) is 1. The van der Waals surface area contributed by atoms with Crippen LogP contribution in [0.5, 0.6) is 0 Å². The van der Waals surface area contributed by atoms with Crippen molar-refractivity contribution >= 4 is 0 Å². The summed E-state index contributed by atoms with van der Waals surface area (Å²) in [6.07, 6.45) is 2.28. The van der Waals surface area contributed by atoms with Gasteiger partial charge >= 0.3 is 0 Å². The number of rotatable bonds is 8. The van der Waals surface area contributed by atoms with Crippen molar-refractivity contribution in [2.75, 3.05) is 33.0 Å². The zero-order valence-electron chi connectivity index (χ0n) is 7.51. The van der Waals surface area contributed by atoms with Crippen LogP contribution in [-0.2, 0) is 31.9 Å². The first-order valence-electron chi connectivity index (χ1n) is 4.18. The first-order chi connectivity index (χ1) is 5.41. The van der Waals surface area contributed by atoms with Crippen molar-refractivity contribution < 1.29 is 37.0 Å². The average Bonchev–Trinajstić information content (AvgIpc) is 2.03. The van der Waals surface area contributed by atoms with Crippen LogP contribution in [0.2, 0.25) is 0 Å². The molecule has 0 bridgehead atoms. The van der Waals surface area contributed by atoms with Crippen LogP contribution in [0, 0.1) is 0 Å². The fourth-order valence-corrected chi connectivity index (χ4v) is 0.633. The van der Waals surface area contributed by atoms with Crippen molar-refractivity contribution in [2.45, 2.75) is 19.8 Å². The van der Waals surface area contributed by atoms with E-state index in [4.69, 9.17) is 14.6 Å². The third-order valence-corrected chi connectivity index (χ3v) is 1.25. The van der Waals surface area contributed by atoms with E-state index >= 15 is 0 Å². The maximum atomic E-state index is 8.34. The second kappa shape index (κ2) is 14.2. The monoisotopic (exact) mass is 269 g/mol. The summed E-state index contributed by atoms with van der Waals surface area (Å²) in [6.45, 7) is 4.68. The van der Waals surface area contributed by atoms with Crippen molar-refractivity contribution in [2.24, 2.45) is 0 Å². The predicted molar refractivity (Wildman–Crippen MR) is 43.6 cm³/mol. The SMILES string of the molecule is CCCCOCCOCCO.[Ag]. The van der Waals surface area contributed by atoms with Crippen LogP contribution < -0.4 is 0 Å². The second-order valence-corrected chi connectivity index (χ2v) is 2.30. The Morgan fingerprint density at radius 2 is 1.58 bits per heavy atom. The molecule has 0 spiro atoms. The van der Waals surface area contributed by atoms with Gasteiger partial charge in [-0.2, -0.15) is 0 Å². The molecule has 3 nitrogen and oxygen atoms in total. The molecule has 0 aromatic carbocycles. The molecule has 79 valence electrons. The minimum Gasteiger partial charge on any atom is -0.394 e. The largest absolute Gasteiger partial charge is 0.394 e. The van der Waals surface area contributed by atoms with Gasteiger partial charge in [0.2, 0.25) is 0 Å². The zero-order chi connectivity index (χ0) is 8.36. The Kier molecular flexibility index (Phi) is 17.8. The molecule has 0 aliphatic carbocycles. The van der Waals surface area contributed by atoms with Gasteiger partial charge in [-0.25, -0.2) is 0 Å². The second-order valence-electron chi connectivity index (χ2n) is 2.30. The first-order valence-corrected chi connectivity index (χ1v) is 4.18. The van der Waals surface area contributed by atoms with E-state index in [0.717, 1.165) is 19.4 Å². The average molecular weight is 270 g/mol. The van der Waals surface area contributed by atoms with Gasteiger partial charge in [-0.1, -0.05) is 13.3 Å². The summed E-state index contributed by atoms with van der Waals surface area (Å²) in [7, 11) is 0. The summed E-state index contributed by atoms with van der Waals surface area (Å²) in [5.74, 6) is 0. The maximum absolute atomic E-state index is 8.34. The molecule has 1 N–H and O–H groups in total. The molecule has 0 rings (SSSR count). The zero-order valence-corrected chi connectivity index (χ0v) is 9.00. The van der Waals surface area contributed by atoms with Crippen molar-refractivity contribution in [1.29, 1.82) is 0 Å². The minimum atomic E-state index is 0. The molecule has 0 unspecified atom stereocenters. The smallest absolute Gasteiger partial charge is 0.0701 e. The summed E-state index contributed by atoms with van der Waals surface area (Å²) in [6, 6.07) is 0. The molecule has 0 aliphatic heterocycles. The van der Waals surface area contributed by atoms with Crippen LogP contribution in [0.3, 0.4) is 0 Å². The number of hydrogen-bond acceptors (Lipinski definition) is 3. The van der Waals surface area contributed by atoms with Crippen LogP contribution in [0.15, 0.2) is 0 Å². The molecule has 0 heterocycles. The number of hydrogen-bond donors (Lipinski definition) is 1. The van der Waals surface area contributed by atoms with E-state index < -0.39 is 0 Å². The molecule has 0 amide bonds. The van der Waals surface area contributed by atoms with Gasteiger partial charge in [0.25, 0.3) is 0 Å². The van der Waals surface area contributed by atoms with Crippen LogP contribution >= 0.6 is 0 Å². The fourth-order valence-electron chi connectivity index (χ4n) is 0.633. The molecule has 1 radical (unpaired) electrons. The van der Waals surface area contributed by atoms with Gasteiger partial charge in [0, 0.05) is 29.0 Å². The molecule has 0 atom stereocenters. The molecule has 0 saturated heterocycles. The third-order valence-electron chi connectivity index (χ3n) is 1.25. The topological polar surface area (TPSA) is 38.7 Å². The normalized spacial score (nSPS) is 9.50. The van der Waals surface area contributed by atoms with Gasteiger partial charge in [0.1, 0.15) is 0 Å². The molecule has 0 aromatic heterocycles. The third kappa shape index (κ3) is 13.2. The van der Waals surface area contributed by atoms with E-state index in [1.165, 1.54) is 0 Å². The van der Waals surface area contributed by atoms with Gasteiger partial charge < -0.3 is 14.6 Å². The fraction of sp³-hybridized carbons (Fsp3) is 1.00. The quantitative estimate of drug-likeness (QED) is 0.524. The van der Waals surface area contributed by atoms with Gasteiger partial charge in [-0.3, -0.25) is 0 Å². The standard InChI is InChI=1S/C8H18O3.Ag/c1-2-3-5-10-7-8-11-6-4-9;/h9H,2-8H2,1H3;. The van der Waals surface area contributed by atoms with E-state index in [9.17, 15) is 0 Å². The van der Waals surface area contributed by atoms with Crippen molar-refractivity contribution in [3.63, 3.8) is 0 Å². The Balaban J connectivity index is 0. The molecular formula is C8H18AgO3. The Morgan fingerprint density at radius 3 is 2.08 bits per heavy atom. The Morgan fingerprint density at radius 1 is 1.00 bits per heavy atom. The Labute approximate surface area is 89.9 Å². The Bertz CT molecular complexity index is 63.3. The van der Waals surface area contributed by atoms with E-state index in [2.05, 4.69) is 6.92 Å². The maximum Gasteiger partial charge on any atom is 0.0701 e. The van der Waals surface area contributed by atoms with Crippen molar-refractivity contribution in [3.8, 4) is 0 Å². The summed E-state index contributed by atoms with van der Waals surface area (Å²) in [5, 5.41) is 8.34. The number of aliphatic hydroxyl groups excluding tert-OH is 1. The predicted octanol–water partition coefficient (Wildman–Crippen LogP) is 0.810. The molecule has 12 heavy (non-hydrogen) atoms. The molecule has 0 aliphatic rings. The van der Waals surface area contributed by atoms with Crippen LogP contribution in [0.25, 0.3) is 0 Å². The summed E-state index contributed by atoms with van der Waals surface area (Å²) >= 11 is 0. The first kappa shape index (κ1) is 15.1. The summed E-state index contributed by atoms with van der Waals surface area (Å²) < 4.78 is 10.2. The van der Waals surface area contributed by atoms with Gasteiger partial charge in [-0.05, 0) is 6.42 Å². The molecular weight excluding hydrogens is 252 g/mol. The summed E-state index contributed by atoms with van der Waals surface area (Å²) in [5.41, 5.74) is 0. The molecule has 0 aromatic rings. The Hall–Kier alpha value is 0.620. The van der Waals surface area contributed by atoms with Crippen molar-refractivity contribution in [1.82, 2.24) is 0 Å². The van der Waals surface area contributed by atoms with E-state index in [1.54, 1.807) is 0 Å². The van der Waals surface area contributed by atoms with Gasteiger partial charge in [0.15, 0.2) is 0 Å². The van der Waals surface area contributed by atoms with Crippen LogP contribution in [0.4, 0.5) is 0 Å². The van der Waals surface area contributed by atoms with Gasteiger partial charge in [0.05, 0.1) is 26.4 Å². The van der Waals surface area contributed by atoms with E-state index in [0.29, 0.717) is 19.8 Å². The van der Waals surface area contributed by atoms with E-state index in [-0.39, 0.29) is 29.0 Å². The molecule has 0 saturated carbocycles. The van der Waals surface area contributed by atoms with Gasteiger partial charge in [-0.15, -0.1) is 0 Å². The van der Waals surface area contributed by atoms with E-state index in [1.807, 2.05) is 0 Å². The van der Waals surface area contributed by atoms with Crippen LogP contribution in [-0.4, -0.2) is 38.1 Å². The van der Waals surface area contributed by atoms with Crippen molar-refractivity contribution in [3.05, 3.63) is 0 Å². The number of aliphatic hydroxyl groups is 1. The number of ether oxygens (including phenoxy) is 2. The molecule has 4 heteroatoms. The minimum absolute atomic E-state index is 0. The molecule has 0 fully saturated rings.